The highest BCUT2D eigenvalue weighted by Gasteiger charge is 2.38. The number of rotatable bonds is 4. The molecule has 5 heteroatoms. The minimum absolute atomic E-state index is 0.00194. The van der Waals surface area contributed by atoms with Gasteiger partial charge in [0.25, 0.3) is 0 Å². The highest BCUT2D eigenvalue weighted by Crippen LogP contribution is 2.32. The minimum Gasteiger partial charge on any atom is -0.348 e. The molecule has 1 aromatic rings. The van der Waals surface area contributed by atoms with Crippen molar-refractivity contribution >= 4 is 5.91 Å². The van der Waals surface area contributed by atoms with Crippen LogP contribution in [0, 0.1) is 5.92 Å². The van der Waals surface area contributed by atoms with Crippen LogP contribution in [0.15, 0.2) is 18.5 Å². The number of nitrogens with zero attached hydrogens (tertiary/aromatic N) is 2. The van der Waals surface area contributed by atoms with Gasteiger partial charge in [0.15, 0.2) is 0 Å². The van der Waals surface area contributed by atoms with Crippen LogP contribution in [0.25, 0.3) is 0 Å². The summed E-state index contributed by atoms with van der Waals surface area (Å²) in [6.07, 6.45) is 7.96. The molecule has 0 spiro atoms. The summed E-state index contributed by atoms with van der Waals surface area (Å²) in [6.45, 7) is 2.96. The van der Waals surface area contributed by atoms with Crippen molar-refractivity contribution in [3.8, 4) is 0 Å². The van der Waals surface area contributed by atoms with E-state index >= 15 is 0 Å². The Morgan fingerprint density at radius 1 is 1.61 bits per heavy atom. The molecule has 1 aromatic heterocycles. The average Bonchev–Trinajstić information content (AvgIpc) is 2.85. The third kappa shape index (κ3) is 2.72. The lowest BCUT2D eigenvalue weighted by Gasteiger charge is -2.42. The van der Waals surface area contributed by atoms with Gasteiger partial charge in [0.05, 0.1) is 5.54 Å². The summed E-state index contributed by atoms with van der Waals surface area (Å²) in [5.74, 6) is 0.440. The Morgan fingerprint density at radius 2 is 2.44 bits per heavy atom. The summed E-state index contributed by atoms with van der Waals surface area (Å²) < 4.78 is 1.63. The fraction of sp³-hybridized carbons (Fsp3) is 0.692. The molecule has 1 aliphatic rings. The van der Waals surface area contributed by atoms with E-state index in [-0.39, 0.29) is 18.0 Å². The van der Waals surface area contributed by atoms with Crippen LogP contribution in [-0.4, -0.2) is 27.8 Å². The molecule has 100 valence electrons. The first-order valence-electron chi connectivity index (χ1n) is 6.65. The van der Waals surface area contributed by atoms with E-state index in [1.165, 1.54) is 6.42 Å². The van der Waals surface area contributed by atoms with Crippen LogP contribution in [-0.2, 0) is 11.3 Å². The Balaban J connectivity index is 1.99. The first-order valence-corrected chi connectivity index (χ1v) is 6.65. The number of carbonyl (C=O) groups excluding carboxylic acids is 1. The molecule has 0 radical (unpaired) electrons. The number of carbonyl (C=O) groups is 1. The van der Waals surface area contributed by atoms with Gasteiger partial charge in [0.1, 0.15) is 6.54 Å². The third-order valence-corrected chi connectivity index (χ3v) is 4.07. The number of hydrogen-bond acceptors (Lipinski definition) is 3. The van der Waals surface area contributed by atoms with E-state index in [0.717, 1.165) is 19.3 Å². The smallest absolute Gasteiger partial charge is 0.242 e. The SMILES string of the molecule is CC1CCCCC1(CN)NC(=O)Cn1cccn1. The molecular weight excluding hydrogens is 228 g/mol. The second kappa shape index (κ2) is 5.52. The zero-order valence-corrected chi connectivity index (χ0v) is 10.9. The van der Waals surface area contributed by atoms with Crippen LogP contribution in [0.3, 0.4) is 0 Å². The van der Waals surface area contributed by atoms with Crippen LogP contribution in [0.5, 0.6) is 0 Å². The minimum atomic E-state index is -0.220. The van der Waals surface area contributed by atoms with Crippen molar-refractivity contribution < 1.29 is 4.79 Å². The van der Waals surface area contributed by atoms with E-state index in [1.807, 2.05) is 6.07 Å². The topological polar surface area (TPSA) is 72.9 Å². The molecule has 1 saturated carbocycles. The molecule has 0 aliphatic heterocycles. The van der Waals surface area contributed by atoms with Crippen molar-refractivity contribution in [2.75, 3.05) is 6.54 Å². The Bertz CT molecular complexity index is 390. The van der Waals surface area contributed by atoms with Gasteiger partial charge in [-0.25, -0.2) is 0 Å². The summed E-state index contributed by atoms with van der Waals surface area (Å²) >= 11 is 0. The fourth-order valence-electron chi connectivity index (χ4n) is 2.81. The molecule has 2 atom stereocenters. The van der Waals surface area contributed by atoms with Crippen molar-refractivity contribution in [2.24, 2.45) is 11.7 Å². The van der Waals surface area contributed by atoms with Gasteiger partial charge in [-0.1, -0.05) is 19.8 Å². The van der Waals surface area contributed by atoms with Gasteiger partial charge in [-0.3, -0.25) is 9.48 Å². The standard InChI is InChI=1S/C13H22N4O/c1-11-5-2-3-6-13(11,10-14)16-12(18)9-17-8-4-7-15-17/h4,7-8,11H,2-3,5-6,9-10,14H2,1H3,(H,16,18). The Labute approximate surface area is 108 Å². The highest BCUT2D eigenvalue weighted by atomic mass is 16.2. The molecule has 18 heavy (non-hydrogen) atoms. The Hall–Kier alpha value is -1.36. The van der Waals surface area contributed by atoms with Gasteiger partial charge in [-0.2, -0.15) is 5.10 Å². The lowest BCUT2D eigenvalue weighted by Crippen LogP contribution is -2.59. The molecule has 1 amide bonds. The number of nitrogens with two attached hydrogens (primary N) is 1. The first-order chi connectivity index (χ1) is 8.66. The predicted molar refractivity (Wildman–Crippen MR) is 69.8 cm³/mol. The molecule has 3 N–H and O–H groups in total. The quantitative estimate of drug-likeness (QED) is 0.834. The van der Waals surface area contributed by atoms with Crippen molar-refractivity contribution in [1.82, 2.24) is 15.1 Å². The van der Waals surface area contributed by atoms with Crippen molar-refractivity contribution in [3.05, 3.63) is 18.5 Å². The van der Waals surface area contributed by atoms with Crippen LogP contribution in [0.2, 0.25) is 0 Å². The predicted octanol–water partition coefficient (Wildman–Crippen LogP) is 0.907. The monoisotopic (exact) mass is 250 g/mol. The maximum Gasteiger partial charge on any atom is 0.242 e. The molecule has 1 aliphatic carbocycles. The third-order valence-electron chi connectivity index (χ3n) is 4.07. The van der Waals surface area contributed by atoms with Gasteiger partial charge in [-0.05, 0) is 24.8 Å². The van der Waals surface area contributed by atoms with Crippen LogP contribution in [0.1, 0.15) is 32.6 Å². The van der Waals surface area contributed by atoms with E-state index in [2.05, 4.69) is 17.3 Å². The molecule has 1 heterocycles. The molecule has 5 nitrogen and oxygen atoms in total. The van der Waals surface area contributed by atoms with E-state index < -0.39 is 0 Å². The van der Waals surface area contributed by atoms with Gasteiger partial charge >= 0.3 is 0 Å². The van der Waals surface area contributed by atoms with Crippen molar-refractivity contribution in [1.29, 1.82) is 0 Å². The average molecular weight is 250 g/mol. The number of nitrogens with one attached hydrogen (secondary N) is 1. The van der Waals surface area contributed by atoms with Crippen molar-refractivity contribution in [3.63, 3.8) is 0 Å². The summed E-state index contributed by atoms with van der Waals surface area (Å²) in [4.78, 5) is 12.1. The molecule has 1 fully saturated rings. The summed E-state index contributed by atoms with van der Waals surface area (Å²) in [5.41, 5.74) is 5.69. The summed E-state index contributed by atoms with van der Waals surface area (Å²) in [6, 6.07) is 1.81. The zero-order valence-electron chi connectivity index (χ0n) is 10.9. The highest BCUT2D eigenvalue weighted by molar-refractivity contribution is 5.76. The molecule has 2 rings (SSSR count). The second-order valence-electron chi connectivity index (χ2n) is 5.26. The molecule has 0 aromatic carbocycles. The molecule has 0 bridgehead atoms. The van der Waals surface area contributed by atoms with Crippen molar-refractivity contribution in [2.45, 2.75) is 44.7 Å². The molecular formula is C13H22N4O. The Kier molecular flexibility index (Phi) is 4.01. The zero-order chi connectivity index (χ0) is 13.0. The van der Waals surface area contributed by atoms with Crippen LogP contribution >= 0.6 is 0 Å². The fourth-order valence-corrected chi connectivity index (χ4v) is 2.81. The summed E-state index contributed by atoms with van der Waals surface area (Å²) in [7, 11) is 0. The lowest BCUT2D eigenvalue weighted by atomic mass is 9.73. The largest absolute Gasteiger partial charge is 0.348 e. The van der Waals surface area contributed by atoms with Gasteiger partial charge in [0, 0.05) is 18.9 Å². The lowest BCUT2D eigenvalue weighted by molar-refractivity contribution is -0.124. The molecule has 2 unspecified atom stereocenters. The normalized spacial score (nSPS) is 28.0. The molecule has 0 saturated heterocycles. The van der Waals surface area contributed by atoms with Gasteiger partial charge < -0.3 is 11.1 Å². The van der Waals surface area contributed by atoms with E-state index in [4.69, 9.17) is 5.73 Å². The van der Waals surface area contributed by atoms with Crippen LogP contribution in [0.4, 0.5) is 0 Å². The van der Waals surface area contributed by atoms with Gasteiger partial charge in [0.2, 0.25) is 5.91 Å². The van der Waals surface area contributed by atoms with Crippen LogP contribution < -0.4 is 11.1 Å². The van der Waals surface area contributed by atoms with Gasteiger partial charge in [-0.15, -0.1) is 0 Å². The number of amides is 1. The van der Waals surface area contributed by atoms with E-state index in [0.29, 0.717) is 12.5 Å². The second-order valence-corrected chi connectivity index (χ2v) is 5.26. The maximum absolute atomic E-state index is 12.1. The number of aromatic nitrogens is 2. The van der Waals surface area contributed by atoms with E-state index in [1.54, 1.807) is 17.1 Å². The Morgan fingerprint density at radius 3 is 3.06 bits per heavy atom. The van der Waals surface area contributed by atoms with E-state index in [9.17, 15) is 4.79 Å². The maximum atomic E-state index is 12.1. The number of hydrogen-bond donors (Lipinski definition) is 2. The first kappa shape index (κ1) is 13.1. The summed E-state index contributed by atoms with van der Waals surface area (Å²) in [5, 5.41) is 7.19.